The lowest BCUT2D eigenvalue weighted by Crippen LogP contribution is -2.33. The van der Waals surface area contributed by atoms with Gasteiger partial charge in [0.2, 0.25) is 5.95 Å². The molecule has 0 saturated heterocycles. The molecule has 102 valence electrons. The zero-order valence-electron chi connectivity index (χ0n) is 11.7. The van der Waals surface area contributed by atoms with E-state index in [9.17, 15) is 0 Å². The lowest BCUT2D eigenvalue weighted by Gasteiger charge is -2.23. The molecule has 0 atom stereocenters. The van der Waals surface area contributed by atoms with Gasteiger partial charge in [-0.05, 0) is 32.9 Å². The summed E-state index contributed by atoms with van der Waals surface area (Å²) in [5, 5.41) is 12.1. The van der Waals surface area contributed by atoms with Crippen LogP contribution in [0.5, 0.6) is 0 Å². The van der Waals surface area contributed by atoms with E-state index in [1.54, 1.807) is 6.07 Å². The van der Waals surface area contributed by atoms with Crippen molar-refractivity contribution in [1.29, 1.82) is 5.26 Å². The van der Waals surface area contributed by atoms with Crippen LogP contribution in [0.25, 0.3) is 0 Å². The van der Waals surface area contributed by atoms with Crippen LogP contribution >= 0.6 is 0 Å². The number of nitrogens with one attached hydrogen (secondary N) is 1. The Labute approximate surface area is 114 Å². The molecule has 1 heterocycles. The zero-order chi connectivity index (χ0) is 13.7. The minimum absolute atomic E-state index is 0.416. The van der Waals surface area contributed by atoms with Gasteiger partial charge in [0.25, 0.3) is 0 Å². The summed E-state index contributed by atoms with van der Waals surface area (Å²) in [5.41, 5.74) is 1.23. The number of likely N-dealkylation sites (N-methyl/N-ethyl adjacent to an activating group) is 1. The Hall–Kier alpha value is -1.67. The van der Waals surface area contributed by atoms with Crippen LogP contribution in [-0.2, 0) is 0 Å². The second kappa shape index (κ2) is 6.48. The van der Waals surface area contributed by atoms with Crippen LogP contribution in [-0.4, -0.2) is 41.0 Å². The molecule has 1 saturated carbocycles. The Morgan fingerprint density at radius 1 is 1.42 bits per heavy atom. The molecule has 0 amide bonds. The number of aryl methyl sites for hydroxylation is 1. The highest BCUT2D eigenvalue weighted by Crippen LogP contribution is 2.21. The fraction of sp³-hybridized carbons (Fsp3) is 0.643. The highest BCUT2D eigenvalue weighted by molar-refractivity contribution is 5.32. The van der Waals surface area contributed by atoms with Gasteiger partial charge >= 0.3 is 0 Å². The molecule has 5 heteroatoms. The molecule has 1 aromatic rings. The molecule has 0 bridgehead atoms. The Kier molecular flexibility index (Phi) is 4.69. The van der Waals surface area contributed by atoms with E-state index in [1.165, 1.54) is 25.7 Å². The summed E-state index contributed by atoms with van der Waals surface area (Å²) in [4.78, 5) is 10.8. The van der Waals surface area contributed by atoms with E-state index in [0.29, 0.717) is 11.6 Å². The number of anilines is 1. The maximum atomic E-state index is 8.87. The highest BCUT2D eigenvalue weighted by Gasteiger charge is 2.18. The first-order valence-corrected chi connectivity index (χ1v) is 6.89. The normalized spacial score (nSPS) is 15.7. The van der Waals surface area contributed by atoms with Crippen molar-refractivity contribution in [2.75, 3.05) is 25.5 Å². The van der Waals surface area contributed by atoms with E-state index in [0.717, 1.165) is 24.8 Å². The van der Waals surface area contributed by atoms with Gasteiger partial charge in [0.15, 0.2) is 0 Å². The van der Waals surface area contributed by atoms with Gasteiger partial charge in [-0.15, -0.1) is 0 Å². The van der Waals surface area contributed by atoms with Crippen molar-refractivity contribution in [2.45, 2.75) is 38.6 Å². The first-order chi connectivity index (χ1) is 9.19. The molecule has 0 aromatic carbocycles. The Morgan fingerprint density at radius 3 is 2.84 bits per heavy atom. The standard InChI is InChI=1S/C14H21N5/c1-11-9-12(10-15)18-14(17-11)16-7-8-19(2)13-5-3-4-6-13/h9,13H,3-8H2,1-2H3,(H,16,17,18). The summed E-state index contributed by atoms with van der Waals surface area (Å²) in [7, 11) is 2.18. The van der Waals surface area contributed by atoms with Crippen LogP contribution in [0.2, 0.25) is 0 Å². The number of hydrogen-bond donors (Lipinski definition) is 1. The van der Waals surface area contributed by atoms with Crippen LogP contribution in [0, 0.1) is 18.3 Å². The van der Waals surface area contributed by atoms with Crippen molar-refractivity contribution >= 4 is 5.95 Å². The Balaban J connectivity index is 1.82. The van der Waals surface area contributed by atoms with Gasteiger partial charge in [-0.1, -0.05) is 12.8 Å². The third-order valence-corrected chi connectivity index (χ3v) is 3.66. The van der Waals surface area contributed by atoms with E-state index in [2.05, 4.69) is 33.3 Å². The summed E-state index contributed by atoms with van der Waals surface area (Å²) < 4.78 is 0. The molecule has 0 radical (unpaired) electrons. The first-order valence-electron chi connectivity index (χ1n) is 6.89. The number of rotatable bonds is 5. The minimum atomic E-state index is 0.416. The van der Waals surface area contributed by atoms with Crippen LogP contribution in [0.3, 0.4) is 0 Å². The van der Waals surface area contributed by atoms with Gasteiger partial charge in [-0.3, -0.25) is 0 Å². The molecule has 1 N–H and O–H groups in total. The van der Waals surface area contributed by atoms with Crippen molar-refractivity contribution in [1.82, 2.24) is 14.9 Å². The summed E-state index contributed by atoms with van der Waals surface area (Å²) in [6.45, 7) is 3.66. The second-order valence-electron chi connectivity index (χ2n) is 5.18. The van der Waals surface area contributed by atoms with Crippen LogP contribution < -0.4 is 5.32 Å². The van der Waals surface area contributed by atoms with E-state index in [-0.39, 0.29) is 0 Å². The lowest BCUT2D eigenvalue weighted by molar-refractivity contribution is 0.254. The van der Waals surface area contributed by atoms with Gasteiger partial charge in [0.1, 0.15) is 11.8 Å². The summed E-state index contributed by atoms with van der Waals surface area (Å²) in [5.74, 6) is 0.552. The molecule has 1 aliphatic carbocycles. The summed E-state index contributed by atoms with van der Waals surface area (Å²) in [6.07, 6.45) is 5.34. The maximum absolute atomic E-state index is 8.87. The van der Waals surface area contributed by atoms with Gasteiger partial charge in [-0.25, -0.2) is 9.97 Å². The lowest BCUT2D eigenvalue weighted by atomic mass is 10.2. The number of nitriles is 1. The van der Waals surface area contributed by atoms with Gasteiger partial charge in [0, 0.05) is 24.8 Å². The monoisotopic (exact) mass is 259 g/mol. The molecular weight excluding hydrogens is 238 g/mol. The van der Waals surface area contributed by atoms with Crippen molar-refractivity contribution in [2.24, 2.45) is 0 Å². The topological polar surface area (TPSA) is 64.8 Å². The van der Waals surface area contributed by atoms with Gasteiger partial charge in [-0.2, -0.15) is 5.26 Å². The average Bonchev–Trinajstić information content (AvgIpc) is 2.92. The van der Waals surface area contributed by atoms with Crippen LogP contribution in [0.15, 0.2) is 6.07 Å². The predicted octanol–water partition coefficient (Wildman–Crippen LogP) is 1.94. The summed E-state index contributed by atoms with van der Waals surface area (Å²) >= 11 is 0. The fourth-order valence-corrected chi connectivity index (χ4v) is 2.58. The van der Waals surface area contributed by atoms with Crippen LogP contribution in [0.4, 0.5) is 5.95 Å². The number of hydrogen-bond acceptors (Lipinski definition) is 5. The Bertz CT molecular complexity index is 459. The SMILES string of the molecule is Cc1cc(C#N)nc(NCCN(C)C2CCCC2)n1. The van der Waals surface area contributed by atoms with Crippen LogP contribution in [0.1, 0.15) is 37.1 Å². The molecule has 1 fully saturated rings. The average molecular weight is 259 g/mol. The van der Waals surface area contributed by atoms with Crippen molar-refractivity contribution in [3.05, 3.63) is 17.5 Å². The number of aromatic nitrogens is 2. The maximum Gasteiger partial charge on any atom is 0.224 e. The quantitative estimate of drug-likeness (QED) is 0.875. The highest BCUT2D eigenvalue weighted by atomic mass is 15.2. The molecule has 2 rings (SSSR count). The van der Waals surface area contributed by atoms with Crippen molar-refractivity contribution in [3.8, 4) is 6.07 Å². The van der Waals surface area contributed by atoms with E-state index in [4.69, 9.17) is 5.26 Å². The van der Waals surface area contributed by atoms with Crippen molar-refractivity contribution < 1.29 is 0 Å². The molecule has 19 heavy (non-hydrogen) atoms. The third kappa shape index (κ3) is 3.90. The zero-order valence-corrected chi connectivity index (χ0v) is 11.7. The molecular formula is C14H21N5. The third-order valence-electron chi connectivity index (χ3n) is 3.66. The molecule has 1 aliphatic rings. The predicted molar refractivity (Wildman–Crippen MR) is 74.9 cm³/mol. The molecule has 0 aliphatic heterocycles. The number of nitrogens with zero attached hydrogens (tertiary/aromatic N) is 4. The molecule has 5 nitrogen and oxygen atoms in total. The minimum Gasteiger partial charge on any atom is -0.353 e. The van der Waals surface area contributed by atoms with Gasteiger partial charge in [0.05, 0.1) is 0 Å². The second-order valence-corrected chi connectivity index (χ2v) is 5.18. The largest absolute Gasteiger partial charge is 0.353 e. The first kappa shape index (κ1) is 13.8. The smallest absolute Gasteiger partial charge is 0.224 e. The summed E-state index contributed by atoms with van der Waals surface area (Å²) in [6, 6.07) is 4.47. The van der Waals surface area contributed by atoms with E-state index < -0.39 is 0 Å². The molecule has 0 spiro atoms. The van der Waals surface area contributed by atoms with E-state index in [1.807, 2.05) is 6.92 Å². The Morgan fingerprint density at radius 2 is 2.16 bits per heavy atom. The van der Waals surface area contributed by atoms with Gasteiger partial charge < -0.3 is 10.2 Å². The van der Waals surface area contributed by atoms with Crippen molar-refractivity contribution in [3.63, 3.8) is 0 Å². The molecule has 1 aromatic heterocycles. The molecule has 0 unspecified atom stereocenters. The fourth-order valence-electron chi connectivity index (χ4n) is 2.58. The van der Waals surface area contributed by atoms with E-state index >= 15 is 0 Å².